The lowest BCUT2D eigenvalue weighted by Gasteiger charge is -2.35. The second kappa shape index (κ2) is 8.63. The molecule has 28 heavy (non-hydrogen) atoms. The molecule has 5 nitrogen and oxygen atoms in total. The number of benzene rings is 2. The number of ether oxygens (including phenoxy) is 2. The highest BCUT2D eigenvalue weighted by molar-refractivity contribution is 7.13. The highest BCUT2D eigenvalue weighted by Crippen LogP contribution is 2.26. The van der Waals surface area contributed by atoms with Crippen molar-refractivity contribution in [3.63, 3.8) is 0 Å². The van der Waals surface area contributed by atoms with Crippen molar-refractivity contribution >= 4 is 17.0 Å². The Morgan fingerprint density at radius 1 is 0.857 bits per heavy atom. The SMILES string of the molecule is COc1ccc(-c2nc(CN3CCN(c4ccc(OC)cc4)CC3)cs2)cc1. The van der Waals surface area contributed by atoms with Gasteiger partial charge in [0.15, 0.2) is 0 Å². The van der Waals surface area contributed by atoms with Crippen LogP contribution in [0.3, 0.4) is 0 Å². The van der Waals surface area contributed by atoms with E-state index in [-0.39, 0.29) is 0 Å². The maximum Gasteiger partial charge on any atom is 0.123 e. The summed E-state index contributed by atoms with van der Waals surface area (Å²) in [5.74, 6) is 1.77. The zero-order valence-corrected chi connectivity index (χ0v) is 17.1. The number of anilines is 1. The van der Waals surface area contributed by atoms with Gasteiger partial charge >= 0.3 is 0 Å². The van der Waals surface area contributed by atoms with E-state index in [1.54, 1.807) is 25.6 Å². The topological polar surface area (TPSA) is 37.8 Å². The zero-order valence-electron chi connectivity index (χ0n) is 16.3. The molecule has 1 aliphatic rings. The molecule has 4 rings (SSSR count). The van der Waals surface area contributed by atoms with Crippen LogP contribution in [0.2, 0.25) is 0 Å². The molecule has 0 aliphatic carbocycles. The van der Waals surface area contributed by atoms with E-state index in [1.165, 1.54) is 5.69 Å². The lowest BCUT2D eigenvalue weighted by molar-refractivity contribution is 0.247. The Bertz CT molecular complexity index is 885. The molecule has 1 aliphatic heterocycles. The summed E-state index contributed by atoms with van der Waals surface area (Å²) in [6.45, 7) is 5.05. The Morgan fingerprint density at radius 2 is 1.46 bits per heavy atom. The number of hydrogen-bond acceptors (Lipinski definition) is 6. The molecule has 0 atom stereocenters. The van der Waals surface area contributed by atoms with E-state index in [0.717, 1.165) is 60.5 Å². The van der Waals surface area contributed by atoms with Gasteiger partial charge in [0.2, 0.25) is 0 Å². The van der Waals surface area contributed by atoms with Crippen LogP contribution in [-0.2, 0) is 6.54 Å². The van der Waals surface area contributed by atoms with E-state index in [9.17, 15) is 0 Å². The molecule has 2 heterocycles. The molecule has 1 aromatic heterocycles. The van der Waals surface area contributed by atoms with Crippen LogP contribution in [0.15, 0.2) is 53.9 Å². The highest BCUT2D eigenvalue weighted by Gasteiger charge is 2.18. The Balaban J connectivity index is 1.32. The van der Waals surface area contributed by atoms with Gasteiger partial charge in [0.1, 0.15) is 16.5 Å². The number of thiazole rings is 1. The standard InChI is InChI=1S/C22H25N3O2S/c1-26-20-7-3-17(4-8-20)22-23-18(16-28-22)15-24-11-13-25(14-12-24)19-5-9-21(27-2)10-6-19/h3-10,16H,11-15H2,1-2H3. The molecule has 0 radical (unpaired) electrons. The van der Waals surface area contributed by atoms with Gasteiger partial charge in [-0.05, 0) is 48.5 Å². The second-order valence-corrected chi connectivity index (χ2v) is 7.69. The number of hydrogen-bond donors (Lipinski definition) is 0. The maximum absolute atomic E-state index is 5.25. The van der Waals surface area contributed by atoms with Gasteiger partial charge in [0, 0.05) is 49.4 Å². The van der Waals surface area contributed by atoms with E-state index in [0.29, 0.717) is 0 Å². The highest BCUT2D eigenvalue weighted by atomic mass is 32.1. The molecule has 0 N–H and O–H groups in total. The van der Waals surface area contributed by atoms with Crippen LogP contribution < -0.4 is 14.4 Å². The van der Waals surface area contributed by atoms with E-state index in [1.807, 2.05) is 24.3 Å². The molecule has 0 unspecified atom stereocenters. The smallest absolute Gasteiger partial charge is 0.123 e. The normalized spacial score (nSPS) is 14.9. The summed E-state index contributed by atoms with van der Waals surface area (Å²) in [6, 6.07) is 16.4. The van der Waals surface area contributed by atoms with E-state index >= 15 is 0 Å². The van der Waals surface area contributed by atoms with Gasteiger partial charge in [-0.2, -0.15) is 0 Å². The first kappa shape index (κ1) is 18.8. The van der Waals surface area contributed by atoms with Crippen LogP contribution in [0.1, 0.15) is 5.69 Å². The van der Waals surface area contributed by atoms with Crippen molar-refractivity contribution in [2.24, 2.45) is 0 Å². The van der Waals surface area contributed by atoms with Crippen molar-refractivity contribution in [2.45, 2.75) is 6.54 Å². The number of aromatic nitrogens is 1. The van der Waals surface area contributed by atoms with Crippen molar-refractivity contribution in [2.75, 3.05) is 45.3 Å². The lowest BCUT2D eigenvalue weighted by atomic mass is 10.2. The van der Waals surface area contributed by atoms with Crippen LogP contribution in [0.5, 0.6) is 11.5 Å². The third-order valence-corrected chi connectivity index (χ3v) is 6.02. The monoisotopic (exact) mass is 395 g/mol. The summed E-state index contributed by atoms with van der Waals surface area (Å²) >= 11 is 1.70. The van der Waals surface area contributed by atoms with Crippen LogP contribution in [0.4, 0.5) is 5.69 Å². The minimum Gasteiger partial charge on any atom is -0.497 e. The average Bonchev–Trinajstić information content (AvgIpc) is 3.23. The van der Waals surface area contributed by atoms with Crippen LogP contribution in [-0.4, -0.2) is 50.3 Å². The Kier molecular flexibility index (Phi) is 5.78. The average molecular weight is 396 g/mol. The molecule has 3 aromatic rings. The molecule has 0 bridgehead atoms. The fraction of sp³-hybridized carbons (Fsp3) is 0.318. The molecule has 0 amide bonds. The van der Waals surface area contributed by atoms with Crippen molar-refractivity contribution in [1.82, 2.24) is 9.88 Å². The minimum atomic E-state index is 0.871. The molecule has 2 aromatic carbocycles. The Labute approximate surface area is 170 Å². The third kappa shape index (κ3) is 4.29. The van der Waals surface area contributed by atoms with Crippen LogP contribution in [0.25, 0.3) is 10.6 Å². The summed E-state index contributed by atoms with van der Waals surface area (Å²) in [5.41, 5.74) is 3.55. The molecule has 1 saturated heterocycles. The van der Waals surface area contributed by atoms with Gasteiger partial charge in [-0.25, -0.2) is 4.98 Å². The molecular weight excluding hydrogens is 370 g/mol. The van der Waals surface area contributed by atoms with Crippen molar-refractivity contribution in [1.29, 1.82) is 0 Å². The predicted molar refractivity (Wildman–Crippen MR) is 115 cm³/mol. The number of methoxy groups -OCH3 is 2. The van der Waals surface area contributed by atoms with Gasteiger partial charge in [0.25, 0.3) is 0 Å². The molecule has 1 fully saturated rings. The first-order chi connectivity index (χ1) is 13.7. The number of piperazine rings is 1. The lowest BCUT2D eigenvalue weighted by Crippen LogP contribution is -2.46. The Morgan fingerprint density at radius 3 is 2.07 bits per heavy atom. The van der Waals surface area contributed by atoms with Crippen molar-refractivity contribution in [3.05, 3.63) is 59.6 Å². The second-order valence-electron chi connectivity index (χ2n) is 6.83. The van der Waals surface area contributed by atoms with E-state index < -0.39 is 0 Å². The summed E-state index contributed by atoms with van der Waals surface area (Å²) in [4.78, 5) is 9.74. The molecule has 0 saturated carbocycles. The molecule has 0 spiro atoms. The molecule has 146 valence electrons. The first-order valence-electron chi connectivity index (χ1n) is 9.45. The zero-order chi connectivity index (χ0) is 19.3. The minimum absolute atomic E-state index is 0.871. The fourth-order valence-electron chi connectivity index (χ4n) is 3.43. The Hall–Kier alpha value is -2.57. The summed E-state index contributed by atoms with van der Waals surface area (Å²) in [6.07, 6.45) is 0. The summed E-state index contributed by atoms with van der Waals surface area (Å²) in [5, 5.41) is 3.24. The third-order valence-electron chi connectivity index (χ3n) is 5.08. The summed E-state index contributed by atoms with van der Waals surface area (Å²) < 4.78 is 10.5. The maximum atomic E-state index is 5.25. The van der Waals surface area contributed by atoms with Gasteiger partial charge in [-0.3, -0.25) is 4.90 Å². The summed E-state index contributed by atoms with van der Waals surface area (Å²) in [7, 11) is 3.39. The van der Waals surface area contributed by atoms with Gasteiger partial charge in [-0.1, -0.05) is 0 Å². The largest absolute Gasteiger partial charge is 0.497 e. The predicted octanol–water partition coefficient (Wildman–Crippen LogP) is 4.15. The number of nitrogens with zero attached hydrogens (tertiary/aromatic N) is 3. The van der Waals surface area contributed by atoms with Gasteiger partial charge < -0.3 is 14.4 Å². The van der Waals surface area contributed by atoms with Crippen LogP contribution in [0, 0.1) is 0 Å². The molecule has 6 heteroatoms. The first-order valence-corrected chi connectivity index (χ1v) is 10.3. The van der Waals surface area contributed by atoms with E-state index in [2.05, 4.69) is 39.4 Å². The fourth-order valence-corrected chi connectivity index (χ4v) is 4.25. The van der Waals surface area contributed by atoms with Crippen molar-refractivity contribution in [3.8, 4) is 22.1 Å². The van der Waals surface area contributed by atoms with Gasteiger partial charge in [0.05, 0.1) is 19.9 Å². The van der Waals surface area contributed by atoms with Crippen LogP contribution >= 0.6 is 11.3 Å². The van der Waals surface area contributed by atoms with Crippen molar-refractivity contribution < 1.29 is 9.47 Å². The quantitative estimate of drug-likeness (QED) is 0.627. The van der Waals surface area contributed by atoms with Gasteiger partial charge in [-0.15, -0.1) is 11.3 Å². The van der Waals surface area contributed by atoms with E-state index in [4.69, 9.17) is 14.5 Å². The number of rotatable bonds is 6. The molecular formula is C22H25N3O2S.